The average molecular weight is 439 g/mol. The van der Waals surface area contributed by atoms with Gasteiger partial charge in [-0.25, -0.2) is 9.97 Å². The summed E-state index contributed by atoms with van der Waals surface area (Å²) in [5, 5.41) is 13.9. The highest BCUT2D eigenvalue weighted by atomic mass is 16.5. The third kappa shape index (κ3) is 4.15. The van der Waals surface area contributed by atoms with Gasteiger partial charge in [0.2, 0.25) is 0 Å². The molecule has 2 N–H and O–H groups in total. The summed E-state index contributed by atoms with van der Waals surface area (Å²) in [5.41, 5.74) is 1.88. The molecule has 1 aliphatic carbocycles. The topological polar surface area (TPSA) is 70.5 Å². The van der Waals surface area contributed by atoms with Crippen LogP contribution in [0.1, 0.15) is 5.82 Å². The second kappa shape index (κ2) is 8.46. The second-order valence-corrected chi connectivity index (χ2v) is 8.94. The van der Waals surface area contributed by atoms with Crippen molar-refractivity contribution in [3.8, 4) is 11.5 Å². The Labute approximate surface area is 192 Å². The number of nitrogens with zero attached hydrogens (tertiary/aromatic N) is 3. The van der Waals surface area contributed by atoms with Crippen LogP contribution in [0.25, 0.3) is 10.9 Å². The molecule has 0 radical (unpaired) electrons. The molecule has 2 atom stereocenters. The Balaban J connectivity index is 1.20. The van der Waals surface area contributed by atoms with E-state index in [2.05, 4.69) is 10.2 Å². The standard InChI is InChI=1S/C27H26N4O2/c32-17-24-22-14-31(15-23(22)24)16-26-29-25-9-5-4-8-21(25)27(30-26)28-18-10-12-20(13-11-18)33-19-6-2-1-3-7-19/h1-13,22-24,32H,14-17H2,(H,28,29,30). The maximum atomic E-state index is 9.41. The molecule has 2 unspecified atom stereocenters. The zero-order valence-electron chi connectivity index (χ0n) is 18.3. The predicted octanol–water partition coefficient (Wildman–Crippen LogP) is 4.84. The highest BCUT2D eigenvalue weighted by Crippen LogP contribution is 2.51. The molecule has 2 aliphatic rings. The maximum Gasteiger partial charge on any atom is 0.145 e. The number of fused-ring (bicyclic) bond motifs is 2. The van der Waals surface area contributed by atoms with E-state index in [1.165, 1.54) is 0 Å². The van der Waals surface area contributed by atoms with Crippen LogP contribution in [-0.4, -0.2) is 39.7 Å². The Bertz CT molecular complexity index is 1250. The number of aliphatic hydroxyl groups is 1. The van der Waals surface area contributed by atoms with Crippen molar-refractivity contribution >= 4 is 22.4 Å². The van der Waals surface area contributed by atoms with E-state index in [9.17, 15) is 5.11 Å². The van der Waals surface area contributed by atoms with Gasteiger partial charge in [0.25, 0.3) is 0 Å². The van der Waals surface area contributed by atoms with Crippen molar-refractivity contribution in [2.45, 2.75) is 6.54 Å². The molecular weight excluding hydrogens is 412 g/mol. The van der Waals surface area contributed by atoms with Crippen LogP contribution < -0.4 is 10.1 Å². The number of likely N-dealkylation sites (tertiary alicyclic amines) is 1. The Hall–Kier alpha value is -3.48. The van der Waals surface area contributed by atoms with Crippen molar-refractivity contribution in [2.75, 3.05) is 25.0 Å². The van der Waals surface area contributed by atoms with Gasteiger partial charge in [0.1, 0.15) is 23.1 Å². The molecule has 4 aromatic rings. The fraction of sp³-hybridized carbons (Fsp3) is 0.259. The van der Waals surface area contributed by atoms with Crippen LogP contribution in [0.5, 0.6) is 11.5 Å². The third-order valence-corrected chi connectivity index (χ3v) is 6.77. The minimum Gasteiger partial charge on any atom is -0.457 e. The zero-order valence-corrected chi connectivity index (χ0v) is 18.3. The molecule has 1 saturated heterocycles. The lowest BCUT2D eigenvalue weighted by Crippen LogP contribution is -2.26. The SMILES string of the molecule is OCC1C2CN(Cc3nc(Nc4ccc(Oc5ccccc5)cc4)c4ccccc4n3)CC12. The van der Waals surface area contributed by atoms with E-state index < -0.39 is 0 Å². The van der Waals surface area contributed by atoms with E-state index in [-0.39, 0.29) is 0 Å². The summed E-state index contributed by atoms with van der Waals surface area (Å²) in [6.07, 6.45) is 0. The molecule has 2 fully saturated rings. The normalized spacial score (nSPS) is 21.7. The van der Waals surface area contributed by atoms with Crippen LogP contribution in [0, 0.1) is 17.8 Å². The Kier molecular flexibility index (Phi) is 5.17. The molecule has 0 bridgehead atoms. The van der Waals surface area contributed by atoms with Crippen LogP contribution in [-0.2, 0) is 6.54 Å². The third-order valence-electron chi connectivity index (χ3n) is 6.77. The first-order chi connectivity index (χ1) is 16.3. The van der Waals surface area contributed by atoms with Gasteiger partial charge in [0.15, 0.2) is 0 Å². The van der Waals surface area contributed by atoms with Gasteiger partial charge in [0.05, 0.1) is 12.1 Å². The van der Waals surface area contributed by atoms with Crippen molar-refractivity contribution < 1.29 is 9.84 Å². The average Bonchev–Trinajstić information content (AvgIpc) is 3.33. The molecule has 1 aliphatic heterocycles. The predicted molar refractivity (Wildman–Crippen MR) is 129 cm³/mol. The van der Waals surface area contributed by atoms with E-state index in [1.54, 1.807) is 0 Å². The minimum absolute atomic E-state index is 0.318. The lowest BCUT2D eigenvalue weighted by Gasteiger charge is -2.19. The molecule has 1 saturated carbocycles. The molecule has 6 rings (SSSR count). The summed E-state index contributed by atoms with van der Waals surface area (Å²) >= 11 is 0. The summed E-state index contributed by atoms with van der Waals surface area (Å²) in [6, 6.07) is 25.8. The van der Waals surface area contributed by atoms with Gasteiger partial charge in [-0.1, -0.05) is 30.3 Å². The van der Waals surface area contributed by atoms with Crippen LogP contribution in [0.15, 0.2) is 78.9 Å². The second-order valence-electron chi connectivity index (χ2n) is 8.94. The fourth-order valence-corrected chi connectivity index (χ4v) is 5.00. The number of hydrogen-bond donors (Lipinski definition) is 2. The molecule has 0 spiro atoms. The van der Waals surface area contributed by atoms with Gasteiger partial charge in [0, 0.05) is 30.8 Å². The number of anilines is 2. The summed E-state index contributed by atoms with van der Waals surface area (Å²) in [4.78, 5) is 12.1. The summed E-state index contributed by atoms with van der Waals surface area (Å²) < 4.78 is 5.90. The van der Waals surface area contributed by atoms with E-state index in [0.717, 1.165) is 59.4 Å². The van der Waals surface area contributed by atoms with Gasteiger partial charge < -0.3 is 15.2 Å². The lowest BCUT2D eigenvalue weighted by molar-refractivity contribution is 0.215. The maximum absolute atomic E-state index is 9.41. The Morgan fingerprint density at radius 2 is 1.55 bits per heavy atom. The van der Waals surface area contributed by atoms with Gasteiger partial charge in [-0.15, -0.1) is 0 Å². The van der Waals surface area contributed by atoms with Crippen molar-refractivity contribution in [3.05, 3.63) is 84.7 Å². The van der Waals surface area contributed by atoms with Crippen molar-refractivity contribution in [2.24, 2.45) is 17.8 Å². The fourth-order valence-electron chi connectivity index (χ4n) is 5.00. The molecule has 6 heteroatoms. The van der Waals surface area contributed by atoms with Gasteiger partial charge >= 0.3 is 0 Å². The molecule has 166 valence electrons. The lowest BCUT2D eigenvalue weighted by atomic mass is 10.2. The molecular formula is C27H26N4O2. The van der Waals surface area contributed by atoms with Crippen molar-refractivity contribution in [1.82, 2.24) is 14.9 Å². The number of aromatic nitrogens is 2. The van der Waals surface area contributed by atoms with Crippen LogP contribution in [0.3, 0.4) is 0 Å². The highest BCUT2D eigenvalue weighted by Gasteiger charge is 2.54. The summed E-state index contributed by atoms with van der Waals surface area (Å²) in [6.45, 7) is 3.10. The number of piperidine rings is 1. The first kappa shape index (κ1) is 20.1. The number of nitrogens with one attached hydrogen (secondary N) is 1. The van der Waals surface area contributed by atoms with Crippen LogP contribution >= 0.6 is 0 Å². The summed E-state index contributed by atoms with van der Waals surface area (Å²) in [7, 11) is 0. The number of rotatable bonds is 7. The smallest absolute Gasteiger partial charge is 0.145 e. The van der Waals surface area contributed by atoms with E-state index in [1.807, 2.05) is 78.9 Å². The number of aliphatic hydroxyl groups excluding tert-OH is 1. The quantitative estimate of drug-likeness (QED) is 0.430. The first-order valence-corrected chi connectivity index (χ1v) is 11.5. The molecule has 1 aromatic heterocycles. The van der Waals surface area contributed by atoms with Gasteiger partial charge in [-0.2, -0.15) is 0 Å². The summed E-state index contributed by atoms with van der Waals surface area (Å²) in [5.74, 6) is 5.02. The van der Waals surface area contributed by atoms with E-state index in [4.69, 9.17) is 14.7 Å². The monoisotopic (exact) mass is 438 g/mol. The van der Waals surface area contributed by atoms with Crippen molar-refractivity contribution in [1.29, 1.82) is 0 Å². The minimum atomic E-state index is 0.318. The molecule has 3 aromatic carbocycles. The van der Waals surface area contributed by atoms with Crippen LogP contribution in [0.2, 0.25) is 0 Å². The van der Waals surface area contributed by atoms with Crippen molar-refractivity contribution in [3.63, 3.8) is 0 Å². The Morgan fingerprint density at radius 1 is 0.848 bits per heavy atom. The number of hydrogen-bond acceptors (Lipinski definition) is 6. The van der Waals surface area contributed by atoms with E-state index in [0.29, 0.717) is 24.4 Å². The number of ether oxygens (including phenoxy) is 1. The zero-order chi connectivity index (χ0) is 22.2. The highest BCUT2D eigenvalue weighted by molar-refractivity contribution is 5.90. The molecule has 2 heterocycles. The molecule has 0 amide bonds. The van der Waals surface area contributed by atoms with Crippen LogP contribution in [0.4, 0.5) is 11.5 Å². The first-order valence-electron chi connectivity index (χ1n) is 11.5. The van der Waals surface area contributed by atoms with Gasteiger partial charge in [-0.05, 0) is 66.3 Å². The Morgan fingerprint density at radius 3 is 2.30 bits per heavy atom. The molecule has 6 nitrogen and oxygen atoms in total. The number of para-hydroxylation sites is 2. The van der Waals surface area contributed by atoms with Gasteiger partial charge in [-0.3, -0.25) is 4.90 Å². The number of benzene rings is 3. The largest absolute Gasteiger partial charge is 0.457 e. The molecule has 33 heavy (non-hydrogen) atoms. The van der Waals surface area contributed by atoms with E-state index >= 15 is 0 Å².